The third-order valence-electron chi connectivity index (χ3n) is 5.62. The molecule has 0 atom stereocenters. The molecular weight excluding hydrogens is 342 g/mol. The van der Waals surface area contributed by atoms with E-state index in [1.165, 1.54) is 12.8 Å². The number of aromatic nitrogens is 3. The largest absolute Gasteiger partial charge is 0.354 e. The number of rotatable bonds is 5. The molecule has 2 aromatic heterocycles. The first-order valence-corrected chi connectivity index (χ1v) is 9.59. The van der Waals surface area contributed by atoms with Crippen molar-refractivity contribution in [2.45, 2.75) is 38.1 Å². The van der Waals surface area contributed by atoms with Gasteiger partial charge in [0.15, 0.2) is 0 Å². The summed E-state index contributed by atoms with van der Waals surface area (Å²) in [4.78, 5) is 31.8. The van der Waals surface area contributed by atoms with E-state index in [9.17, 15) is 9.59 Å². The number of nitrogens with zero attached hydrogens (tertiary/aromatic N) is 4. The molecule has 2 fully saturated rings. The second kappa shape index (κ2) is 7.13. The lowest BCUT2D eigenvalue weighted by atomic mass is 9.86. The van der Waals surface area contributed by atoms with Crippen LogP contribution in [0.25, 0.3) is 0 Å². The van der Waals surface area contributed by atoms with Gasteiger partial charge in [-0.15, -0.1) is 0 Å². The topological polar surface area (TPSA) is 80.1 Å². The second-order valence-electron chi connectivity index (χ2n) is 7.65. The van der Waals surface area contributed by atoms with Gasteiger partial charge in [-0.2, -0.15) is 5.10 Å². The van der Waals surface area contributed by atoms with Crippen molar-refractivity contribution < 1.29 is 9.59 Å². The smallest absolute Gasteiger partial charge is 0.272 e. The van der Waals surface area contributed by atoms with Crippen molar-refractivity contribution in [1.29, 1.82) is 0 Å². The first-order valence-electron chi connectivity index (χ1n) is 9.59. The van der Waals surface area contributed by atoms with Gasteiger partial charge in [0.2, 0.25) is 5.91 Å². The Hall–Kier alpha value is -2.70. The molecule has 1 aliphatic heterocycles. The first-order chi connectivity index (χ1) is 13.1. The van der Waals surface area contributed by atoms with Crippen molar-refractivity contribution in [3.8, 4) is 0 Å². The Kier molecular flexibility index (Phi) is 4.68. The Bertz CT molecular complexity index is 803. The summed E-state index contributed by atoms with van der Waals surface area (Å²) in [7, 11) is 0. The lowest BCUT2D eigenvalue weighted by Crippen LogP contribution is -2.56. The molecule has 7 heteroatoms. The first kappa shape index (κ1) is 17.7. The van der Waals surface area contributed by atoms with Crippen molar-refractivity contribution in [3.63, 3.8) is 0 Å². The molecule has 27 heavy (non-hydrogen) atoms. The van der Waals surface area contributed by atoms with Gasteiger partial charge in [-0.3, -0.25) is 19.3 Å². The van der Waals surface area contributed by atoms with E-state index < -0.39 is 5.54 Å². The summed E-state index contributed by atoms with van der Waals surface area (Å²) < 4.78 is 1.77. The Balaban J connectivity index is 1.48. The Labute approximate surface area is 158 Å². The minimum atomic E-state index is -0.726. The monoisotopic (exact) mass is 367 g/mol. The number of hydrogen-bond donors (Lipinski definition) is 1. The summed E-state index contributed by atoms with van der Waals surface area (Å²) in [5.41, 5.74) is 0.746. The van der Waals surface area contributed by atoms with Crippen LogP contribution in [0.4, 0.5) is 0 Å². The van der Waals surface area contributed by atoms with Crippen LogP contribution in [-0.4, -0.2) is 51.1 Å². The van der Waals surface area contributed by atoms with E-state index in [1.54, 1.807) is 28.0 Å². The summed E-state index contributed by atoms with van der Waals surface area (Å²) in [5.74, 6) is 0.555. The Morgan fingerprint density at radius 2 is 2.04 bits per heavy atom. The number of nitrogens with one attached hydrogen (secondary N) is 1. The van der Waals surface area contributed by atoms with Crippen LogP contribution in [0, 0.1) is 12.8 Å². The highest BCUT2D eigenvalue weighted by Gasteiger charge is 2.45. The highest BCUT2D eigenvalue weighted by Crippen LogP contribution is 2.32. The molecule has 0 spiro atoms. The molecule has 0 unspecified atom stereocenters. The fourth-order valence-corrected chi connectivity index (χ4v) is 3.64. The molecule has 1 aliphatic carbocycles. The molecule has 142 valence electrons. The van der Waals surface area contributed by atoms with Crippen LogP contribution in [0.1, 0.15) is 41.7 Å². The van der Waals surface area contributed by atoms with Crippen LogP contribution < -0.4 is 5.32 Å². The number of likely N-dealkylation sites (tertiary alicyclic amines) is 1. The van der Waals surface area contributed by atoms with Crippen molar-refractivity contribution in [2.24, 2.45) is 5.92 Å². The number of piperidine rings is 1. The molecule has 0 radical (unpaired) electrons. The summed E-state index contributed by atoms with van der Waals surface area (Å²) in [6, 6.07) is 5.49. The molecule has 0 aromatic carbocycles. The SMILES string of the molecule is Cc1ccc(C(=O)N2CCC(C(=O)NCC3CC3)(n3cccn3)CC2)nc1. The average Bonchev–Trinajstić information content (AvgIpc) is 3.36. The summed E-state index contributed by atoms with van der Waals surface area (Å²) in [6.07, 6.45) is 8.73. The van der Waals surface area contributed by atoms with Gasteiger partial charge < -0.3 is 10.2 Å². The van der Waals surface area contributed by atoms with Crippen molar-refractivity contribution in [1.82, 2.24) is 25.0 Å². The molecule has 1 saturated carbocycles. The number of carbonyl (C=O) groups is 2. The van der Waals surface area contributed by atoms with Crippen molar-refractivity contribution in [2.75, 3.05) is 19.6 Å². The van der Waals surface area contributed by atoms with E-state index in [-0.39, 0.29) is 11.8 Å². The number of pyridine rings is 1. The molecule has 7 nitrogen and oxygen atoms in total. The predicted octanol–water partition coefficient (Wildman–Crippen LogP) is 1.74. The van der Waals surface area contributed by atoms with Gasteiger partial charge in [0.25, 0.3) is 5.91 Å². The Morgan fingerprint density at radius 3 is 2.63 bits per heavy atom. The third-order valence-corrected chi connectivity index (χ3v) is 5.62. The molecular formula is C20H25N5O2. The third kappa shape index (κ3) is 3.59. The van der Waals surface area contributed by atoms with E-state index in [0.717, 1.165) is 12.1 Å². The minimum Gasteiger partial charge on any atom is -0.354 e. The lowest BCUT2D eigenvalue weighted by Gasteiger charge is -2.40. The molecule has 4 rings (SSSR count). The molecule has 2 aromatic rings. The second-order valence-corrected chi connectivity index (χ2v) is 7.65. The molecule has 0 bridgehead atoms. The molecule has 3 heterocycles. The maximum absolute atomic E-state index is 13.0. The highest BCUT2D eigenvalue weighted by atomic mass is 16.2. The normalized spacial score (nSPS) is 18.9. The Morgan fingerprint density at radius 1 is 1.26 bits per heavy atom. The van der Waals surface area contributed by atoms with Crippen LogP contribution in [-0.2, 0) is 10.3 Å². The van der Waals surface area contributed by atoms with Gasteiger partial charge in [0.1, 0.15) is 11.2 Å². The maximum Gasteiger partial charge on any atom is 0.272 e. The van der Waals surface area contributed by atoms with Crippen LogP contribution in [0.2, 0.25) is 0 Å². The predicted molar refractivity (Wildman–Crippen MR) is 100 cm³/mol. The van der Waals surface area contributed by atoms with E-state index >= 15 is 0 Å². The van der Waals surface area contributed by atoms with Crippen LogP contribution >= 0.6 is 0 Å². The van der Waals surface area contributed by atoms with Crippen molar-refractivity contribution in [3.05, 3.63) is 48.0 Å². The summed E-state index contributed by atoms with van der Waals surface area (Å²) in [5, 5.41) is 7.46. The fourth-order valence-electron chi connectivity index (χ4n) is 3.64. The van der Waals surface area contributed by atoms with Gasteiger partial charge >= 0.3 is 0 Å². The molecule has 1 saturated heterocycles. The molecule has 2 aliphatic rings. The maximum atomic E-state index is 13.0. The minimum absolute atomic E-state index is 0.0126. The van der Waals surface area contributed by atoms with E-state index in [2.05, 4.69) is 15.4 Å². The van der Waals surface area contributed by atoms with Gasteiger partial charge in [0, 0.05) is 38.2 Å². The van der Waals surface area contributed by atoms with Crippen LogP contribution in [0.15, 0.2) is 36.8 Å². The zero-order chi connectivity index (χ0) is 18.9. The van der Waals surface area contributed by atoms with E-state index in [4.69, 9.17) is 0 Å². The standard InChI is InChI=1S/C20H25N5O2/c1-15-3-6-17(21-13-15)18(26)24-11-7-20(8-12-24,25-10-2-9-23-25)19(27)22-14-16-4-5-16/h2-3,6,9-10,13,16H,4-5,7-8,11-12,14H2,1H3,(H,22,27). The summed E-state index contributed by atoms with van der Waals surface area (Å²) >= 11 is 0. The van der Waals surface area contributed by atoms with Gasteiger partial charge in [-0.1, -0.05) is 6.07 Å². The number of amides is 2. The van der Waals surface area contributed by atoms with Crippen LogP contribution in [0.3, 0.4) is 0 Å². The highest BCUT2D eigenvalue weighted by molar-refractivity contribution is 5.92. The van der Waals surface area contributed by atoms with Gasteiger partial charge in [-0.05, 0) is 56.2 Å². The fraction of sp³-hybridized carbons (Fsp3) is 0.500. The lowest BCUT2D eigenvalue weighted by molar-refractivity contribution is -0.133. The number of hydrogen-bond acceptors (Lipinski definition) is 4. The van der Waals surface area contributed by atoms with Gasteiger partial charge in [0.05, 0.1) is 0 Å². The van der Waals surface area contributed by atoms with Gasteiger partial charge in [-0.25, -0.2) is 0 Å². The zero-order valence-electron chi connectivity index (χ0n) is 15.6. The number of aryl methyl sites for hydroxylation is 1. The number of carbonyl (C=O) groups excluding carboxylic acids is 2. The zero-order valence-corrected chi connectivity index (χ0v) is 15.6. The average molecular weight is 367 g/mol. The van der Waals surface area contributed by atoms with Crippen molar-refractivity contribution >= 4 is 11.8 Å². The quantitative estimate of drug-likeness (QED) is 0.873. The van der Waals surface area contributed by atoms with E-state index in [1.807, 2.05) is 25.3 Å². The van der Waals surface area contributed by atoms with Crippen LogP contribution in [0.5, 0.6) is 0 Å². The molecule has 2 amide bonds. The molecule has 1 N–H and O–H groups in total. The summed E-state index contributed by atoms with van der Waals surface area (Å²) in [6.45, 7) is 3.69. The van der Waals surface area contributed by atoms with E-state index in [0.29, 0.717) is 37.5 Å².